The lowest BCUT2D eigenvalue weighted by atomic mass is 28.4. The van der Waals surface area contributed by atoms with Crippen molar-refractivity contribution >= 4 is 440 Å². The molecule has 332 valence electrons. The number of rotatable bonds is 26. The summed E-state index contributed by atoms with van der Waals surface area (Å²) in [6.07, 6.45) is 0. The van der Waals surface area contributed by atoms with E-state index in [9.17, 15) is 0 Å². The lowest BCUT2D eigenvalue weighted by Gasteiger charge is -2.59. The molecule has 0 aromatic rings. The molecule has 33 unspecified atom stereocenters. The minimum Gasteiger partial charge on any atom is -0.109 e. The molecule has 0 heterocycles. The van der Waals surface area contributed by atoms with Gasteiger partial charge in [-0.05, 0) is 182 Å². The van der Waals surface area contributed by atoms with Gasteiger partial charge in [0.15, 0.2) is 0 Å². The summed E-state index contributed by atoms with van der Waals surface area (Å²) in [4.78, 5) is 0. The van der Waals surface area contributed by atoms with Gasteiger partial charge in [0.1, 0.15) is 0 Å². The molecule has 0 aromatic carbocycles. The van der Waals surface area contributed by atoms with Gasteiger partial charge in [0.2, 0.25) is 0 Å². The van der Waals surface area contributed by atoms with Crippen LogP contribution < -0.4 is 0 Å². The standard InChI is InChI=1S/H57P55/c1-29-43(28)50(42(26)27)53(48(38(18)19)39(20)21)54(49(40(22)23)41(24)25)55(51(44(30(2)3)31(4)5)45(32(6)7)33(8)9)52(46(34(10)11)35(12)13)47(36(14)15)37(16)17/h29H,1-28H2. The van der Waals surface area contributed by atoms with Crippen LogP contribution >= 0.6 is 440 Å². The lowest BCUT2D eigenvalue weighted by Crippen LogP contribution is -1.72. The van der Waals surface area contributed by atoms with Crippen molar-refractivity contribution in [2.75, 3.05) is 0 Å². The van der Waals surface area contributed by atoms with Crippen molar-refractivity contribution in [3.8, 4) is 0 Å². The second kappa shape index (κ2) is 43.3. The molecule has 0 spiro atoms. The van der Waals surface area contributed by atoms with E-state index in [4.69, 9.17) is 0 Å². The minimum absolute atomic E-state index is 0.108. The van der Waals surface area contributed by atoms with Gasteiger partial charge in [-0.1, -0.05) is 7.96 Å². The van der Waals surface area contributed by atoms with Crippen LogP contribution in [0, 0.1) is 0 Å². The third kappa shape index (κ3) is 28.1. The predicted molar refractivity (Wildman–Crippen MR) is 460 cm³/mol. The van der Waals surface area contributed by atoms with Crippen molar-refractivity contribution in [1.29, 1.82) is 0 Å². The molecule has 33 atom stereocenters. The summed E-state index contributed by atoms with van der Waals surface area (Å²) in [6.45, 7) is -4.87. The molecule has 0 saturated carbocycles. The van der Waals surface area contributed by atoms with Crippen molar-refractivity contribution < 1.29 is 0 Å². The Labute approximate surface area is 433 Å². The highest BCUT2D eigenvalue weighted by Crippen LogP contribution is 3.47. The molecule has 0 aromatic heterocycles. The smallest absolute Gasteiger partial charge is 0.0000133 e. The largest absolute Gasteiger partial charge is 0.109 e. The van der Waals surface area contributed by atoms with Gasteiger partial charge < -0.3 is 0 Å². The lowest BCUT2D eigenvalue weighted by molar-refractivity contribution is 4.34. The van der Waals surface area contributed by atoms with Crippen LogP contribution in [0.4, 0.5) is 0 Å². The summed E-state index contributed by atoms with van der Waals surface area (Å²) in [5.41, 5.74) is 0. The predicted octanol–water partition coefficient (Wildman–Crippen LogP) is 32.1. The Morgan fingerprint density at radius 3 is 0.400 bits per heavy atom. The number of hydrogen-bond donors (Lipinski definition) is 0. The maximum absolute atomic E-state index is 3.60. The SMILES string of the molecule is PPP(P)P(P(P)P)P(P(P(P)P)P(P)P)P(P(P(P)P)P(P)P)P(P(P(P(P)P)P(P)P)P(P(P)P)P(P)P)P(P(P(P)P)P(P)P)P(P(P)P)P(P)P. The van der Waals surface area contributed by atoms with E-state index in [1.54, 1.807) is 0 Å². The molecular formula is H57P55. The molecule has 0 saturated heterocycles. The van der Waals surface area contributed by atoms with Crippen molar-refractivity contribution in [2.45, 2.75) is 0 Å². The highest BCUT2D eigenvalue weighted by atomic mass is 33.6. The van der Waals surface area contributed by atoms with Crippen molar-refractivity contribution in [3.63, 3.8) is 0 Å². The zero-order valence-corrected chi connectivity index (χ0v) is 84.9. The Morgan fingerprint density at radius 1 is 0.164 bits per heavy atom. The van der Waals surface area contributed by atoms with Gasteiger partial charge in [0, 0.05) is 0 Å². The first-order valence-electron chi connectivity index (χ1n) is 12.5. The average Bonchev–Trinajstić information content (AvgIpc) is 2.97. The Morgan fingerprint density at radius 2 is 0.273 bits per heavy atom. The average molecular weight is 1760 g/mol. The van der Waals surface area contributed by atoms with Gasteiger partial charge in [0.25, 0.3) is 0 Å². The van der Waals surface area contributed by atoms with Gasteiger partial charge >= 0.3 is 0 Å². The van der Waals surface area contributed by atoms with Crippen LogP contribution in [0.5, 0.6) is 0 Å². The Bertz CT molecular complexity index is 838. The molecule has 0 nitrogen and oxygen atoms in total. The second-order valence-corrected chi connectivity index (χ2v) is 233. The molecule has 0 N–H and O–H groups in total. The molecule has 0 bridgehead atoms. The fourth-order valence-electron chi connectivity index (χ4n) is 3.24. The molecule has 0 amide bonds. The Hall–Kier alpha value is 23.6. The Balaban J connectivity index is 10.0. The summed E-state index contributed by atoms with van der Waals surface area (Å²) in [6, 6.07) is 0. The summed E-state index contributed by atoms with van der Waals surface area (Å²) in [5.74, 6) is 0. The summed E-state index contributed by atoms with van der Waals surface area (Å²) in [7, 11) is 99.5. The topological polar surface area (TPSA) is 0 Å². The molecule has 0 aliphatic carbocycles. The van der Waals surface area contributed by atoms with Crippen molar-refractivity contribution in [1.82, 2.24) is 0 Å². The first-order chi connectivity index (χ1) is 25.0. The van der Waals surface area contributed by atoms with E-state index in [2.05, 4.69) is 250 Å². The van der Waals surface area contributed by atoms with Gasteiger partial charge in [0.05, 0.1) is 0 Å². The van der Waals surface area contributed by atoms with E-state index >= 15 is 0 Å². The molecule has 0 radical (unpaired) electrons. The zero-order chi connectivity index (χ0) is 43.7. The summed E-state index contributed by atoms with van der Waals surface area (Å²) in [5, 5.41) is 0. The van der Waals surface area contributed by atoms with Gasteiger partial charge in [-0.3, -0.25) is 0 Å². The summed E-state index contributed by atoms with van der Waals surface area (Å²) >= 11 is 0. The normalized spacial score (nSPS) is 16.7. The second-order valence-electron chi connectivity index (χ2n) is 8.63. The van der Waals surface area contributed by atoms with E-state index in [-0.39, 0.29) is 182 Å². The van der Waals surface area contributed by atoms with Gasteiger partial charge in [-0.2, -0.15) is 0 Å². The highest BCUT2D eigenvalue weighted by Gasteiger charge is 2.60. The number of hydrogen-bond acceptors (Lipinski definition) is 0. The summed E-state index contributed by atoms with van der Waals surface area (Å²) < 4.78 is 0. The third-order valence-electron chi connectivity index (χ3n) is 4.77. The van der Waals surface area contributed by atoms with Crippen molar-refractivity contribution in [3.05, 3.63) is 0 Å². The fourth-order valence-corrected chi connectivity index (χ4v) is 787. The first kappa shape index (κ1) is 78.6. The monoisotopic (exact) mass is 1760 g/mol. The van der Waals surface area contributed by atoms with Crippen LogP contribution in [0.3, 0.4) is 0 Å². The van der Waals surface area contributed by atoms with Crippen LogP contribution in [0.15, 0.2) is 0 Å². The van der Waals surface area contributed by atoms with Crippen LogP contribution in [0.1, 0.15) is 0 Å². The molecular weight excluding hydrogens is 1700 g/mol. The van der Waals surface area contributed by atoms with E-state index in [1.165, 1.54) is 0 Å². The van der Waals surface area contributed by atoms with Crippen LogP contribution in [-0.4, -0.2) is 0 Å². The van der Waals surface area contributed by atoms with Crippen LogP contribution in [0.25, 0.3) is 0 Å². The molecule has 0 fully saturated rings. The molecule has 0 aliphatic heterocycles. The van der Waals surface area contributed by atoms with E-state index in [1.807, 2.05) is 0 Å². The molecule has 0 aliphatic rings. The van der Waals surface area contributed by atoms with Crippen molar-refractivity contribution in [2.24, 2.45) is 0 Å². The Kier molecular flexibility index (Phi) is 61.9. The molecule has 55 heavy (non-hydrogen) atoms. The van der Waals surface area contributed by atoms with Crippen LogP contribution in [0.2, 0.25) is 0 Å². The van der Waals surface area contributed by atoms with Gasteiger partial charge in [-0.15, -0.1) is 250 Å². The maximum Gasteiger partial charge on any atom is -0.0000133 e. The molecule has 0 rings (SSSR count). The van der Waals surface area contributed by atoms with E-state index in [0.29, 0.717) is 0 Å². The van der Waals surface area contributed by atoms with E-state index < -0.39 is 0 Å². The first-order valence-corrected chi connectivity index (χ1v) is 112. The fraction of sp³-hybridized carbons (Fsp3) is 0. The molecule has 55 heteroatoms. The zero-order valence-electron chi connectivity index (χ0n) is 28.3. The quantitative estimate of drug-likeness (QED) is 0.0757. The van der Waals surface area contributed by atoms with Crippen LogP contribution in [-0.2, 0) is 0 Å². The minimum atomic E-state index is -0.234. The maximum atomic E-state index is 3.60. The highest BCUT2D eigenvalue weighted by molar-refractivity contribution is 9.53. The van der Waals surface area contributed by atoms with Gasteiger partial charge in [-0.25, -0.2) is 0 Å². The van der Waals surface area contributed by atoms with E-state index in [0.717, 1.165) is 7.96 Å². The third-order valence-corrected chi connectivity index (χ3v) is 386.